The van der Waals surface area contributed by atoms with Crippen LogP contribution in [0.2, 0.25) is 0 Å². The standard InChI is InChI=1S/C16H21NO3/c18-14(19)9-4-5-12-17-15(20)16(10-6-11-16)13-7-2-1-3-8-13/h1-3,7-8H,4-6,9-12H2,(H,17,20)(H,18,19). The molecule has 0 bridgehead atoms. The maximum Gasteiger partial charge on any atom is 0.303 e. The van der Waals surface area contributed by atoms with Crippen LogP contribution in [0.15, 0.2) is 30.3 Å². The van der Waals surface area contributed by atoms with E-state index < -0.39 is 5.97 Å². The number of hydrogen-bond acceptors (Lipinski definition) is 2. The largest absolute Gasteiger partial charge is 0.481 e. The zero-order valence-electron chi connectivity index (χ0n) is 11.6. The van der Waals surface area contributed by atoms with E-state index in [4.69, 9.17) is 5.11 Å². The molecule has 1 aliphatic rings. The van der Waals surface area contributed by atoms with E-state index in [-0.39, 0.29) is 17.7 Å². The van der Waals surface area contributed by atoms with Gasteiger partial charge < -0.3 is 10.4 Å². The van der Waals surface area contributed by atoms with E-state index in [1.807, 2.05) is 30.3 Å². The van der Waals surface area contributed by atoms with E-state index in [1.165, 1.54) is 0 Å². The Morgan fingerprint density at radius 3 is 2.40 bits per heavy atom. The Bertz CT molecular complexity index is 466. The van der Waals surface area contributed by atoms with Crippen LogP contribution >= 0.6 is 0 Å². The summed E-state index contributed by atoms with van der Waals surface area (Å²) in [7, 11) is 0. The maximum absolute atomic E-state index is 12.4. The molecule has 0 unspecified atom stereocenters. The second-order valence-electron chi connectivity index (χ2n) is 5.41. The number of carboxylic acids is 1. The van der Waals surface area contributed by atoms with Crippen molar-refractivity contribution in [1.82, 2.24) is 5.32 Å². The van der Waals surface area contributed by atoms with Crippen molar-refractivity contribution >= 4 is 11.9 Å². The Hall–Kier alpha value is -1.84. The highest BCUT2D eigenvalue weighted by atomic mass is 16.4. The highest BCUT2D eigenvalue weighted by Gasteiger charge is 2.45. The van der Waals surface area contributed by atoms with Crippen LogP contribution in [0.25, 0.3) is 0 Å². The van der Waals surface area contributed by atoms with Crippen molar-refractivity contribution in [2.75, 3.05) is 6.54 Å². The van der Waals surface area contributed by atoms with E-state index in [1.54, 1.807) is 0 Å². The van der Waals surface area contributed by atoms with Gasteiger partial charge in [-0.3, -0.25) is 9.59 Å². The number of amides is 1. The third-order valence-electron chi connectivity index (χ3n) is 4.07. The predicted molar refractivity (Wildman–Crippen MR) is 76.5 cm³/mol. The summed E-state index contributed by atoms with van der Waals surface area (Å²) in [6, 6.07) is 9.93. The normalized spacial score (nSPS) is 16.2. The minimum atomic E-state index is -0.781. The van der Waals surface area contributed by atoms with Gasteiger partial charge in [0, 0.05) is 13.0 Å². The van der Waals surface area contributed by atoms with Gasteiger partial charge in [0.1, 0.15) is 0 Å². The van der Waals surface area contributed by atoms with E-state index >= 15 is 0 Å². The van der Waals surface area contributed by atoms with Crippen molar-refractivity contribution in [3.63, 3.8) is 0 Å². The van der Waals surface area contributed by atoms with E-state index in [2.05, 4.69) is 5.32 Å². The fourth-order valence-electron chi connectivity index (χ4n) is 2.71. The predicted octanol–water partition coefficient (Wildman–Crippen LogP) is 2.48. The van der Waals surface area contributed by atoms with Crippen molar-refractivity contribution in [1.29, 1.82) is 0 Å². The van der Waals surface area contributed by atoms with Crippen molar-refractivity contribution in [2.24, 2.45) is 0 Å². The monoisotopic (exact) mass is 275 g/mol. The van der Waals surface area contributed by atoms with Crippen LogP contribution in [0.3, 0.4) is 0 Å². The molecule has 1 aromatic rings. The van der Waals surface area contributed by atoms with Gasteiger partial charge in [0.25, 0.3) is 0 Å². The fourth-order valence-corrected chi connectivity index (χ4v) is 2.71. The third kappa shape index (κ3) is 3.18. The first kappa shape index (κ1) is 14.6. The van der Waals surface area contributed by atoms with Crippen molar-refractivity contribution in [3.8, 4) is 0 Å². The molecule has 2 N–H and O–H groups in total. The Morgan fingerprint density at radius 2 is 1.85 bits per heavy atom. The summed E-state index contributed by atoms with van der Waals surface area (Å²) in [6.07, 6.45) is 4.37. The van der Waals surface area contributed by atoms with E-state index in [9.17, 15) is 9.59 Å². The molecule has 108 valence electrons. The van der Waals surface area contributed by atoms with Gasteiger partial charge in [0.15, 0.2) is 0 Å². The third-order valence-corrected chi connectivity index (χ3v) is 4.07. The Kier molecular flexibility index (Phi) is 4.77. The number of carboxylic acid groups (broad SMARTS) is 1. The number of carbonyl (C=O) groups is 2. The van der Waals surface area contributed by atoms with Crippen molar-refractivity contribution in [2.45, 2.75) is 43.9 Å². The molecule has 2 rings (SSSR count). The Balaban J connectivity index is 1.86. The van der Waals surface area contributed by atoms with Gasteiger partial charge in [-0.15, -0.1) is 0 Å². The fraction of sp³-hybridized carbons (Fsp3) is 0.500. The molecule has 0 spiro atoms. The molecule has 1 saturated carbocycles. The lowest BCUT2D eigenvalue weighted by molar-refractivity contribution is -0.137. The molecule has 1 aromatic carbocycles. The van der Waals surface area contributed by atoms with Crippen LogP contribution in [0.5, 0.6) is 0 Å². The molecule has 4 nitrogen and oxygen atoms in total. The molecule has 1 aliphatic carbocycles. The topological polar surface area (TPSA) is 66.4 Å². The van der Waals surface area contributed by atoms with Crippen LogP contribution < -0.4 is 5.32 Å². The number of unbranched alkanes of at least 4 members (excludes halogenated alkanes) is 1. The van der Waals surface area contributed by atoms with Crippen molar-refractivity contribution in [3.05, 3.63) is 35.9 Å². The molecule has 0 aliphatic heterocycles. The van der Waals surface area contributed by atoms with Crippen molar-refractivity contribution < 1.29 is 14.7 Å². The second kappa shape index (κ2) is 6.55. The average Bonchev–Trinajstić information content (AvgIpc) is 2.38. The summed E-state index contributed by atoms with van der Waals surface area (Å²) in [5.74, 6) is -0.693. The minimum Gasteiger partial charge on any atom is -0.481 e. The Labute approximate surface area is 119 Å². The highest BCUT2D eigenvalue weighted by molar-refractivity contribution is 5.89. The van der Waals surface area contributed by atoms with E-state index in [0.717, 1.165) is 24.8 Å². The van der Waals surface area contributed by atoms with Gasteiger partial charge in [-0.1, -0.05) is 36.8 Å². The summed E-state index contributed by atoms with van der Waals surface area (Å²) in [6.45, 7) is 0.556. The first-order valence-corrected chi connectivity index (χ1v) is 7.21. The first-order chi connectivity index (χ1) is 9.65. The molecule has 0 radical (unpaired) electrons. The SMILES string of the molecule is O=C(O)CCCCNC(=O)C1(c2ccccc2)CCC1. The minimum absolute atomic E-state index is 0.0882. The highest BCUT2D eigenvalue weighted by Crippen LogP contribution is 2.43. The zero-order valence-corrected chi connectivity index (χ0v) is 11.6. The Morgan fingerprint density at radius 1 is 1.15 bits per heavy atom. The molecular formula is C16H21NO3. The molecule has 20 heavy (non-hydrogen) atoms. The lowest BCUT2D eigenvalue weighted by atomic mass is 9.64. The van der Waals surface area contributed by atoms with Gasteiger partial charge >= 0.3 is 5.97 Å². The maximum atomic E-state index is 12.4. The molecular weight excluding hydrogens is 254 g/mol. The number of aliphatic carboxylic acids is 1. The lowest BCUT2D eigenvalue weighted by Gasteiger charge is -2.40. The molecule has 0 aromatic heterocycles. The van der Waals surface area contributed by atoms with Gasteiger partial charge in [0.2, 0.25) is 5.91 Å². The van der Waals surface area contributed by atoms with Gasteiger partial charge in [-0.2, -0.15) is 0 Å². The number of benzene rings is 1. The smallest absolute Gasteiger partial charge is 0.303 e. The molecule has 4 heteroatoms. The van der Waals surface area contributed by atoms with Gasteiger partial charge in [-0.25, -0.2) is 0 Å². The first-order valence-electron chi connectivity index (χ1n) is 7.21. The van der Waals surface area contributed by atoms with E-state index in [0.29, 0.717) is 19.4 Å². The molecule has 1 amide bonds. The summed E-state index contributed by atoms with van der Waals surface area (Å²) in [5, 5.41) is 11.5. The quantitative estimate of drug-likeness (QED) is 0.751. The molecule has 0 saturated heterocycles. The summed E-state index contributed by atoms with van der Waals surface area (Å²) >= 11 is 0. The summed E-state index contributed by atoms with van der Waals surface area (Å²) in [5.41, 5.74) is 0.739. The lowest BCUT2D eigenvalue weighted by Crippen LogP contribution is -2.49. The van der Waals surface area contributed by atoms with Crippen LogP contribution in [0.4, 0.5) is 0 Å². The molecule has 0 atom stereocenters. The van der Waals surface area contributed by atoms with Crippen LogP contribution in [0, 0.1) is 0 Å². The molecule has 0 heterocycles. The average molecular weight is 275 g/mol. The van der Waals surface area contributed by atoms with Crippen LogP contribution in [-0.4, -0.2) is 23.5 Å². The van der Waals surface area contributed by atoms with Gasteiger partial charge in [0.05, 0.1) is 5.41 Å². The zero-order chi connectivity index (χ0) is 14.4. The summed E-state index contributed by atoms with van der Waals surface area (Å²) in [4.78, 5) is 22.8. The molecule has 1 fully saturated rings. The number of hydrogen-bond donors (Lipinski definition) is 2. The number of carbonyl (C=O) groups excluding carboxylic acids is 1. The van der Waals surface area contributed by atoms with Crippen LogP contribution in [-0.2, 0) is 15.0 Å². The number of nitrogens with one attached hydrogen (secondary N) is 1. The van der Waals surface area contributed by atoms with Crippen LogP contribution in [0.1, 0.15) is 44.1 Å². The number of rotatable bonds is 7. The summed E-state index contributed by atoms with van der Waals surface area (Å²) < 4.78 is 0. The van der Waals surface area contributed by atoms with Gasteiger partial charge in [-0.05, 0) is 31.2 Å². The second-order valence-corrected chi connectivity index (χ2v) is 5.41.